The van der Waals surface area contributed by atoms with E-state index in [1.54, 1.807) is 6.20 Å². The predicted octanol–water partition coefficient (Wildman–Crippen LogP) is 0.704. The van der Waals surface area contributed by atoms with Crippen molar-refractivity contribution in [3.63, 3.8) is 0 Å². The highest BCUT2D eigenvalue weighted by atomic mass is 79.9. The summed E-state index contributed by atoms with van der Waals surface area (Å²) in [5.41, 5.74) is 6.51. The number of aliphatic hydroxyl groups is 1. The van der Waals surface area contributed by atoms with Crippen LogP contribution in [0.4, 0.5) is 5.69 Å². The summed E-state index contributed by atoms with van der Waals surface area (Å²) in [5, 5.41) is 13.0. The average Bonchev–Trinajstić information content (AvgIpc) is 2.44. The Bertz CT molecular complexity index is 512. The lowest BCUT2D eigenvalue weighted by Crippen LogP contribution is -2.40. The Morgan fingerprint density at radius 2 is 2.15 bits per heavy atom. The van der Waals surface area contributed by atoms with E-state index in [1.807, 2.05) is 7.05 Å². The first kappa shape index (κ1) is 15.5. The minimum atomic E-state index is -0.212. The van der Waals surface area contributed by atoms with Crippen molar-refractivity contribution in [1.29, 1.82) is 0 Å². The van der Waals surface area contributed by atoms with Gasteiger partial charge in [-0.05, 0) is 41.6 Å². The first-order valence-corrected chi connectivity index (χ1v) is 7.68. The van der Waals surface area contributed by atoms with Gasteiger partial charge < -0.3 is 15.7 Å². The maximum atomic E-state index is 12.1. The van der Waals surface area contributed by atoms with Gasteiger partial charge in [-0.15, -0.1) is 0 Å². The summed E-state index contributed by atoms with van der Waals surface area (Å²) in [6, 6.07) is 0.694. The molecule has 7 heteroatoms. The molecular weight excluding hydrogens is 324 g/mol. The summed E-state index contributed by atoms with van der Waals surface area (Å²) >= 11 is 3.36. The van der Waals surface area contributed by atoms with Crippen LogP contribution in [0.5, 0.6) is 0 Å². The lowest BCUT2D eigenvalue weighted by Gasteiger charge is -2.35. The van der Waals surface area contributed by atoms with Gasteiger partial charge in [-0.3, -0.25) is 4.79 Å². The van der Waals surface area contributed by atoms with Gasteiger partial charge in [0.15, 0.2) is 0 Å². The SMILES string of the molecule is CN(c1cnn(CCO)c(=O)c1Br)C1CCC(N)CC1. The van der Waals surface area contributed by atoms with E-state index in [1.165, 1.54) is 4.68 Å². The van der Waals surface area contributed by atoms with Crippen LogP contribution in [-0.4, -0.2) is 40.6 Å². The van der Waals surface area contributed by atoms with Gasteiger partial charge in [0.25, 0.3) is 5.56 Å². The Labute approximate surface area is 126 Å². The van der Waals surface area contributed by atoms with E-state index in [-0.39, 0.29) is 18.7 Å². The minimum absolute atomic E-state index is 0.102. The Hall–Kier alpha value is -0.920. The molecule has 0 aliphatic heterocycles. The smallest absolute Gasteiger partial charge is 0.283 e. The molecule has 0 radical (unpaired) electrons. The van der Waals surface area contributed by atoms with Gasteiger partial charge >= 0.3 is 0 Å². The summed E-state index contributed by atoms with van der Waals surface area (Å²) in [6.07, 6.45) is 5.77. The third-order valence-corrected chi connectivity index (χ3v) is 4.69. The molecule has 20 heavy (non-hydrogen) atoms. The molecule has 0 bridgehead atoms. The summed E-state index contributed by atoms with van der Waals surface area (Å²) < 4.78 is 1.76. The van der Waals surface area contributed by atoms with Crippen LogP contribution >= 0.6 is 15.9 Å². The largest absolute Gasteiger partial charge is 0.394 e. The zero-order valence-corrected chi connectivity index (χ0v) is 13.2. The molecule has 0 spiro atoms. The molecule has 1 saturated carbocycles. The molecule has 0 unspecified atom stereocenters. The van der Waals surface area contributed by atoms with Crippen molar-refractivity contribution >= 4 is 21.6 Å². The molecule has 1 fully saturated rings. The highest BCUT2D eigenvalue weighted by molar-refractivity contribution is 9.10. The fourth-order valence-corrected chi connectivity index (χ4v) is 3.23. The van der Waals surface area contributed by atoms with E-state index in [0.717, 1.165) is 31.4 Å². The zero-order chi connectivity index (χ0) is 14.7. The van der Waals surface area contributed by atoms with Crippen LogP contribution in [0, 0.1) is 0 Å². The number of hydrogen-bond acceptors (Lipinski definition) is 5. The van der Waals surface area contributed by atoms with E-state index in [2.05, 4.69) is 25.9 Å². The van der Waals surface area contributed by atoms with E-state index in [9.17, 15) is 4.79 Å². The predicted molar refractivity (Wildman–Crippen MR) is 81.9 cm³/mol. The number of aliphatic hydroxyl groups excluding tert-OH is 1. The molecule has 3 N–H and O–H groups in total. The zero-order valence-electron chi connectivity index (χ0n) is 11.6. The van der Waals surface area contributed by atoms with Crippen molar-refractivity contribution in [2.75, 3.05) is 18.6 Å². The molecule has 2 rings (SSSR count). The summed E-state index contributed by atoms with van der Waals surface area (Å²) in [4.78, 5) is 14.2. The van der Waals surface area contributed by atoms with Crippen molar-refractivity contribution in [3.8, 4) is 0 Å². The maximum Gasteiger partial charge on any atom is 0.283 e. The van der Waals surface area contributed by atoms with E-state index >= 15 is 0 Å². The van der Waals surface area contributed by atoms with Crippen molar-refractivity contribution in [3.05, 3.63) is 21.0 Å². The highest BCUT2D eigenvalue weighted by Crippen LogP contribution is 2.28. The number of nitrogens with zero attached hydrogens (tertiary/aromatic N) is 3. The summed E-state index contributed by atoms with van der Waals surface area (Å²) in [6.45, 7) is 0.106. The fraction of sp³-hybridized carbons (Fsp3) is 0.692. The number of aromatic nitrogens is 2. The topological polar surface area (TPSA) is 84.4 Å². The highest BCUT2D eigenvalue weighted by Gasteiger charge is 2.24. The molecule has 1 heterocycles. The molecule has 6 nitrogen and oxygen atoms in total. The molecule has 0 atom stereocenters. The van der Waals surface area contributed by atoms with Crippen molar-refractivity contribution < 1.29 is 5.11 Å². The molecule has 1 aliphatic carbocycles. The molecule has 1 aromatic heterocycles. The van der Waals surface area contributed by atoms with Crippen LogP contribution in [0.25, 0.3) is 0 Å². The van der Waals surface area contributed by atoms with Gasteiger partial charge in [0.1, 0.15) is 4.47 Å². The lowest BCUT2D eigenvalue weighted by atomic mass is 9.91. The summed E-state index contributed by atoms with van der Waals surface area (Å²) in [5.74, 6) is 0. The van der Waals surface area contributed by atoms with E-state index in [4.69, 9.17) is 10.8 Å². The van der Waals surface area contributed by atoms with Crippen molar-refractivity contribution in [1.82, 2.24) is 9.78 Å². The quantitative estimate of drug-likeness (QED) is 0.839. The van der Waals surface area contributed by atoms with Crippen LogP contribution in [0.1, 0.15) is 25.7 Å². The second kappa shape index (κ2) is 6.69. The molecule has 0 amide bonds. The summed E-state index contributed by atoms with van der Waals surface area (Å²) in [7, 11) is 1.99. The van der Waals surface area contributed by atoms with Gasteiger partial charge in [-0.25, -0.2) is 4.68 Å². The molecular formula is C13H21BrN4O2. The van der Waals surface area contributed by atoms with Gasteiger partial charge in [-0.1, -0.05) is 0 Å². The number of anilines is 1. The van der Waals surface area contributed by atoms with Gasteiger partial charge in [-0.2, -0.15) is 5.10 Å². The van der Waals surface area contributed by atoms with E-state index < -0.39 is 0 Å². The van der Waals surface area contributed by atoms with Gasteiger partial charge in [0.05, 0.1) is 25.0 Å². The number of halogens is 1. The normalized spacial score (nSPS) is 22.8. The standard InChI is InChI=1S/C13H21BrN4O2/c1-17(10-4-2-9(15)3-5-10)11-8-16-18(6-7-19)13(20)12(11)14/h8-10,19H,2-7,15H2,1H3. The van der Waals surface area contributed by atoms with E-state index in [0.29, 0.717) is 16.6 Å². The van der Waals surface area contributed by atoms with Crippen LogP contribution in [-0.2, 0) is 6.54 Å². The van der Waals surface area contributed by atoms with Crippen LogP contribution in [0.3, 0.4) is 0 Å². The first-order chi connectivity index (χ1) is 9.54. The Kier molecular flexibility index (Phi) is 5.17. The lowest BCUT2D eigenvalue weighted by molar-refractivity contribution is 0.266. The van der Waals surface area contributed by atoms with Gasteiger partial charge in [0.2, 0.25) is 0 Å². The number of hydrogen-bond donors (Lipinski definition) is 2. The molecule has 1 aromatic rings. The maximum absolute atomic E-state index is 12.1. The van der Waals surface area contributed by atoms with Gasteiger partial charge in [0, 0.05) is 19.1 Å². The Morgan fingerprint density at radius 3 is 2.75 bits per heavy atom. The van der Waals surface area contributed by atoms with Crippen LogP contribution in [0.15, 0.2) is 15.5 Å². The van der Waals surface area contributed by atoms with Crippen LogP contribution in [0.2, 0.25) is 0 Å². The molecule has 0 aromatic carbocycles. The monoisotopic (exact) mass is 344 g/mol. The van der Waals surface area contributed by atoms with Crippen molar-refractivity contribution in [2.45, 2.75) is 44.3 Å². The molecule has 1 aliphatic rings. The molecule has 112 valence electrons. The Balaban J connectivity index is 2.20. The fourth-order valence-electron chi connectivity index (χ4n) is 2.64. The number of rotatable bonds is 4. The minimum Gasteiger partial charge on any atom is -0.394 e. The third-order valence-electron chi connectivity index (χ3n) is 3.95. The Morgan fingerprint density at radius 1 is 1.50 bits per heavy atom. The van der Waals surface area contributed by atoms with Crippen molar-refractivity contribution in [2.24, 2.45) is 5.73 Å². The third kappa shape index (κ3) is 3.21. The average molecular weight is 345 g/mol. The van der Waals surface area contributed by atoms with Crippen LogP contribution < -0.4 is 16.2 Å². The second-order valence-corrected chi connectivity index (χ2v) is 6.07. The second-order valence-electron chi connectivity index (χ2n) is 5.28. The number of nitrogens with two attached hydrogens (primary N) is 1. The molecule has 0 saturated heterocycles. The first-order valence-electron chi connectivity index (χ1n) is 6.89.